The maximum atomic E-state index is 10.1. The SMILES string of the molecule is O=[N+]([O-])c1cc(Br)n(CCl)n1. The molecule has 60 valence electrons. The Morgan fingerprint density at radius 3 is 2.82 bits per heavy atom. The highest BCUT2D eigenvalue weighted by atomic mass is 79.9. The number of nitro groups is 1. The minimum atomic E-state index is -0.576. The number of hydrogen-bond acceptors (Lipinski definition) is 3. The van der Waals surface area contributed by atoms with E-state index in [1.165, 1.54) is 10.7 Å². The Kier molecular flexibility index (Phi) is 2.45. The molecule has 0 N–H and O–H groups in total. The Morgan fingerprint density at radius 1 is 1.91 bits per heavy atom. The molecule has 0 aromatic carbocycles. The lowest BCUT2D eigenvalue weighted by molar-refractivity contribution is -0.389. The summed E-state index contributed by atoms with van der Waals surface area (Å²) < 4.78 is 1.78. The van der Waals surface area contributed by atoms with Crippen LogP contribution in [-0.2, 0) is 6.00 Å². The first-order valence-electron chi connectivity index (χ1n) is 2.59. The molecule has 11 heavy (non-hydrogen) atoms. The molecule has 0 bridgehead atoms. The van der Waals surface area contributed by atoms with Crippen LogP contribution in [0.5, 0.6) is 0 Å². The summed E-state index contributed by atoms with van der Waals surface area (Å²) in [6.45, 7) is 0. The smallest absolute Gasteiger partial charge is 0.358 e. The van der Waals surface area contributed by atoms with Crippen LogP contribution in [0.15, 0.2) is 10.7 Å². The van der Waals surface area contributed by atoms with Crippen LogP contribution in [0.1, 0.15) is 0 Å². The number of rotatable bonds is 2. The number of hydrogen-bond donors (Lipinski definition) is 0. The quantitative estimate of drug-likeness (QED) is 0.449. The number of halogens is 2. The van der Waals surface area contributed by atoms with Crippen LogP contribution in [0.25, 0.3) is 0 Å². The Bertz CT molecular complexity index is 287. The van der Waals surface area contributed by atoms with Gasteiger partial charge in [0.2, 0.25) is 0 Å². The van der Waals surface area contributed by atoms with Crippen molar-refractivity contribution < 1.29 is 4.92 Å². The first-order valence-corrected chi connectivity index (χ1v) is 3.91. The molecule has 0 radical (unpaired) electrons. The molecular formula is C4H3BrClN3O2. The molecule has 0 aliphatic rings. The first kappa shape index (κ1) is 8.48. The molecule has 0 amide bonds. The van der Waals surface area contributed by atoms with Gasteiger partial charge in [0.25, 0.3) is 0 Å². The highest BCUT2D eigenvalue weighted by molar-refractivity contribution is 9.10. The lowest BCUT2D eigenvalue weighted by atomic mass is 10.7. The number of alkyl halides is 1. The van der Waals surface area contributed by atoms with Gasteiger partial charge in [-0.25, -0.2) is 0 Å². The fourth-order valence-electron chi connectivity index (χ4n) is 0.554. The van der Waals surface area contributed by atoms with E-state index in [1.54, 1.807) is 0 Å². The molecule has 0 aliphatic heterocycles. The van der Waals surface area contributed by atoms with Crippen molar-refractivity contribution in [2.75, 3.05) is 0 Å². The molecule has 1 aromatic heterocycles. The third kappa shape index (κ3) is 1.69. The van der Waals surface area contributed by atoms with Crippen molar-refractivity contribution in [3.63, 3.8) is 0 Å². The average molecular weight is 240 g/mol. The largest absolute Gasteiger partial charge is 0.391 e. The minimum absolute atomic E-state index is 0.0917. The van der Waals surface area contributed by atoms with Crippen LogP contribution in [0.3, 0.4) is 0 Å². The first-order chi connectivity index (χ1) is 5.15. The highest BCUT2D eigenvalue weighted by Gasteiger charge is 2.14. The van der Waals surface area contributed by atoms with Gasteiger partial charge >= 0.3 is 5.82 Å². The molecule has 0 saturated heterocycles. The normalized spacial score (nSPS) is 10.0. The molecule has 1 aromatic rings. The summed E-state index contributed by atoms with van der Waals surface area (Å²) in [5, 5.41) is 13.7. The number of aromatic nitrogens is 2. The summed E-state index contributed by atoms with van der Waals surface area (Å²) in [4.78, 5) is 9.57. The molecular weight excluding hydrogens is 237 g/mol. The standard InChI is InChI=1S/C4H3BrClN3O2/c5-3-1-4(9(10)11)7-8(3)2-6/h1H,2H2. The second-order valence-corrected chi connectivity index (χ2v) is 2.75. The lowest BCUT2D eigenvalue weighted by Crippen LogP contribution is -1.95. The van der Waals surface area contributed by atoms with E-state index in [-0.39, 0.29) is 11.8 Å². The molecule has 0 saturated carbocycles. The summed E-state index contributed by atoms with van der Waals surface area (Å²) in [6.07, 6.45) is 0. The zero-order chi connectivity index (χ0) is 8.43. The van der Waals surface area contributed by atoms with Crippen molar-refractivity contribution in [2.45, 2.75) is 6.00 Å². The average Bonchev–Trinajstić information content (AvgIpc) is 2.31. The Labute approximate surface area is 75.2 Å². The topological polar surface area (TPSA) is 61.0 Å². The highest BCUT2D eigenvalue weighted by Crippen LogP contribution is 2.17. The molecule has 1 rings (SSSR count). The Hall–Kier alpha value is -0.620. The number of nitrogens with zero attached hydrogens (tertiary/aromatic N) is 3. The van der Waals surface area contributed by atoms with Crippen molar-refractivity contribution >= 4 is 33.3 Å². The molecule has 5 nitrogen and oxygen atoms in total. The van der Waals surface area contributed by atoms with Gasteiger partial charge in [0, 0.05) is 0 Å². The van der Waals surface area contributed by atoms with Crippen molar-refractivity contribution in [3.05, 3.63) is 20.8 Å². The van der Waals surface area contributed by atoms with Crippen molar-refractivity contribution in [1.29, 1.82) is 0 Å². The monoisotopic (exact) mass is 239 g/mol. The van der Waals surface area contributed by atoms with Gasteiger partial charge in [-0.1, -0.05) is 11.6 Å². The zero-order valence-corrected chi connectivity index (χ0v) is 7.54. The van der Waals surface area contributed by atoms with Crippen molar-refractivity contribution in [3.8, 4) is 0 Å². The fraction of sp³-hybridized carbons (Fsp3) is 0.250. The van der Waals surface area contributed by atoms with Crippen LogP contribution in [0.2, 0.25) is 0 Å². The van der Waals surface area contributed by atoms with E-state index in [0.717, 1.165) is 0 Å². The Morgan fingerprint density at radius 2 is 2.55 bits per heavy atom. The minimum Gasteiger partial charge on any atom is -0.358 e. The van der Waals surface area contributed by atoms with Crippen LogP contribution < -0.4 is 0 Å². The van der Waals surface area contributed by atoms with Crippen LogP contribution in [0.4, 0.5) is 5.82 Å². The third-order valence-electron chi connectivity index (χ3n) is 1.02. The summed E-state index contributed by atoms with van der Waals surface area (Å²) in [5.41, 5.74) is 0. The summed E-state index contributed by atoms with van der Waals surface area (Å²) >= 11 is 8.46. The maximum Gasteiger partial charge on any atom is 0.391 e. The summed E-state index contributed by atoms with van der Waals surface area (Å²) in [7, 11) is 0. The fourth-order valence-corrected chi connectivity index (χ4v) is 1.29. The van der Waals surface area contributed by atoms with Gasteiger partial charge in [0.15, 0.2) is 0 Å². The van der Waals surface area contributed by atoms with Gasteiger partial charge < -0.3 is 10.1 Å². The second kappa shape index (κ2) is 3.19. The van der Waals surface area contributed by atoms with Crippen LogP contribution in [-0.4, -0.2) is 14.7 Å². The van der Waals surface area contributed by atoms with E-state index in [2.05, 4.69) is 21.0 Å². The molecule has 0 atom stereocenters. The molecule has 0 fully saturated rings. The van der Waals surface area contributed by atoms with E-state index in [0.29, 0.717) is 4.60 Å². The molecule has 7 heteroatoms. The third-order valence-corrected chi connectivity index (χ3v) is 1.88. The lowest BCUT2D eigenvalue weighted by Gasteiger charge is -1.85. The van der Waals surface area contributed by atoms with E-state index in [4.69, 9.17) is 11.6 Å². The van der Waals surface area contributed by atoms with E-state index >= 15 is 0 Å². The molecule has 0 spiro atoms. The predicted molar refractivity (Wildman–Crippen MR) is 42.4 cm³/mol. The van der Waals surface area contributed by atoms with Gasteiger partial charge in [-0.2, -0.15) is 4.68 Å². The summed E-state index contributed by atoms with van der Waals surface area (Å²) in [6, 6.07) is 1.39. The van der Waals surface area contributed by atoms with Gasteiger partial charge in [0.1, 0.15) is 10.6 Å². The zero-order valence-electron chi connectivity index (χ0n) is 5.20. The van der Waals surface area contributed by atoms with Crippen molar-refractivity contribution in [2.24, 2.45) is 0 Å². The molecule has 1 heterocycles. The second-order valence-electron chi connectivity index (χ2n) is 1.70. The van der Waals surface area contributed by atoms with Gasteiger partial charge in [-0.3, -0.25) is 0 Å². The van der Waals surface area contributed by atoms with Crippen molar-refractivity contribution in [1.82, 2.24) is 9.78 Å². The summed E-state index contributed by atoms with van der Waals surface area (Å²) in [5.74, 6) is -0.211. The molecule has 0 aliphatic carbocycles. The van der Waals surface area contributed by atoms with Gasteiger partial charge in [0.05, 0.1) is 11.2 Å². The predicted octanol–water partition coefficient (Wildman–Crippen LogP) is 1.75. The van der Waals surface area contributed by atoms with E-state index < -0.39 is 4.92 Å². The van der Waals surface area contributed by atoms with Gasteiger partial charge in [-0.15, -0.1) is 0 Å². The van der Waals surface area contributed by atoms with Gasteiger partial charge in [-0.05, 0) is 20.9 Å². The van der Waals surface area contributed by atoms with E-state index in [1.807, 2.05) is 0 Å². The van der Waals surface area contributed by atoms with Crippen LogP contribution in [0, 0.1) is 10.1 Å². The van der Waals surface area contributed by atoms with E-state index in [9.17, 15) is 10.1 Å². The van der Waals surface area contributed by atoms with Crippen LogP contribution >= 0.6 is 27.5 Å². The maximum absolute atomic E-state index is 10.1. The Balaban J connectivity index is 3.05. The molecule has 0 unspecified atom stereocenters.